The van der Waals surface area contributed by atoms with Crippen LogP contribution in [0.3, 0.4) is 0 Å². The standard InChI is InChI=1S/C21H21F3N4O/c22-15-5-6-17(21(24)20(15)23)26-19(29)12-27-9-7-14(8-10-27)11-28-13-25-16-3-1-2-4-18(16)28/h1-6,13-14H,7-12H2,(H,26,29). The summed E-state index contributed by atoms with van der Waals surface area (Å²) in [5.41, 5.74) is 1.74. The summed E-state index contributed by atoms with van der Waals surface area (Å²) in [6.07, 6.45) is 3.72. The highest BCUT2D eigenvalue weighted by atomic mass is 19.2. The molecule has 0 bridgehead atoms. The molecule has 0 spiro atoms. The number of benzene rings is 2. The van der Waals surface area contributed by atoms with Crippen LogP contribution in [0.4, 0.5) is 18.9 Å². The quantitative estimate of drug-likeness (QED) is 0.661. The second-order valence-corrected chi connectivity index (χ2v) is 7.38. The Hall–Kier alpha value is -2.87. The Kier molecular flexibility index (Phi) is 5.53. The van der Waals surface area contributed by atoms with Crippen molar-refractivity contribution < 1.29 is 18.0 Å². The summed E-state index contributed by atoms with van der Waals surface area (Å²) in [5.74, 6) is -4.22. The van der Waals surface area contributed by atoms with Crippen molar-refractivity contribution in [2.45, 2.75) is 19.4 Å². The number of amides is 1. The van der Waals surface area contributed by atoms with Crippen LogP contribution < -0.4 is 5.32 Å². The van der Waals surface area contributed by atoms with E-state index in [0.29, 0.717) is 5.92 Å². The minimum absolute atomic E-state index is 0.0825. The average Bonchev–Trinajstić information content (AvgIpc) is 3.13. The van der Waals surface area contributed by atoms with Crippen LogP contribution in [0.5, 0.6) is 0 Å². The molecule has 152 valence electrons. The molecule has 0 atom stereocenters. The number of halogens is 3. The summed E-state index contributed by atoms with van der Waals surface area (Å²) in [4.78, 5) is 18.6. The predicted molar refractivity (Wildman–Crippen MR) is 104 cm³/mol. The zero-order chi connectivity index (χ0) is 20.4. The number of nitrogens with one attached hydrogen (secondary N) is 1. The average molecular weight is 402 g/mol. The van der Waals surface area contributed by atoms with Gasteiger partial charge in [-0.15, -0.1) is 0 Å². The molecule has 1 N–H and O–H groups in total. The summed E-state index contributed by atoms with van der Waals surface area (Å²) in [7, 11) is 0. The van der Waals surface area contributed by atoms with Gasteiger partial charge in [-0.1, -0.05) is 12.1 Å². The Morgan fingerprint density at radius 1 is 1.07 bits per heavy atom. The van der Waals surface area contributed by atoms with Crippen molar-refractivity contribution in [3.8, 4) is 0 Å². The molecule has 0 saturated carbocycles. The number of carbonyl (C=O) groups is 1. The number of anilines is 1. The molecule has 1 fully saturated rings. The maximum atomic E-state index is 13.7. The van der Waals surface area contributed by atoms with Gasteiger partial charge in [0.25, 0.3) is 0 Å². The fourth-order valence-electron chi connectivity index (χ4n) is 3.78. The van der Waals surface area contributed by atoms with Crippen LogP contribution in [-0.4, -0.2) is 40.0 Å². The second-order valence-electron chi connectivity index (χ2n) is 7.38. The molecule has 1 aromatic heterocycles. The third-order valence-electron chi connectivity index (χ3n) is 5.37. The zero-order valence-electron chi connectivity index (χ0n) is 15.7. The lowest BCUT2D eigenvalue weighted by atomic mass is 9.96. The number of imidazole rings is 1. The van der Waals surface area contributed by atoms with Crippen LogP contribution in [0.2, 0.25) is 0 Å². The Morgan fingerprint density at radius 2 is 1.83 bits per heavy atom. The van der Waals surface area contributed by atoms with Gasteiger partial charge in [0.15, 0.2) is 17.5 Å². The zero-order valence-corrected chi connectivity index (χ0v) is 15.7. The van der Waals surface area contributed by atoms with E-state index in [1.165, 1.54) is 0 Å². The topological polar surface area (TPSA) is 50.2 Å². The lowest BCUT2D eigenvalue weighted by Crippen LogP contribution is -2.40. The maximum Gasteiger partial charge on any atom is 0.238 e. The van der Waals surface area contributed by atoms with Gasteiger partial charge in [-0.2, -0.15) is 0 Å². The Morgan fingerprint density at radius 3 is 2.62 bits per heavy atom. The fourth-order valence-corrected chi connectivity index (χ4v) is 3.78. The molecule has 8 heteroatoms. The van der Waals surface area contributed by atoms with Crippen molar-refractivity contribution in [2.24, 2.45) is 5.92 Å². The molecule has 0 radical (unpaired) electrons. The van der Waals surface area contributed by atoms with Crippen LogP contribution in [0.15, 0.2) is 42.7 Å². The molecule has 1 aliphatic rings. The van der Waals surface area contributed by atoms with Gasteiger partial charge in [-0.3, -0.25) is 9.69 Å². The Balaban J connectivity index is 1.28. The van der Waals surface area contributed by atoms with Crippen molar-refractivity contribution in [1.29, 1.82) is 0 Å². The van der Waals surface area contributed by atoms with Crippen molar-refractivity contribution in [3.05, 3.63) is 60.2 Å². The maximum absolute atomic E-state index is 13.7. The highest BCUT2D eigenvalue weighted by molar-refractivity contribution is 5.92. The molecule has 0 aliphatic carbocycles. The number of fused-ring (bicyclic) bond motifs is 1. The summed E-state index contributed by atoms with van der Waals surface area (Å²) in [6, 6.07) is 9.82. The van der Waals surface area contributed by atoms with E-state index in [4.69, 9.17) is 0 Å². The van der Waals surface area contributed by atoms with Gasteiger partial charge in [0.1, 0.15) is 0 Å². The first-order valence-corrected chi connectivity index (χ1v) is 9.57. The first-order chi connectivity index (χ1) is 14.0. The van der Waals surface area contributed by atoms with Crippen LogP contribution in [0.25, 0.3) is 11.0 Å². The highest BCUT2D eigenvalue weighted by Crippen LogP contribution is 2.23. The molecule has 1 saturated heterocycles. The molecule has 29 heavy (non-hydrogen) atoms. The number of likely N-dealkylation sites (tertiary alicyclic amines) is 1. The number of piperidine rings is 1. The number of hydrogen-bond donors (Lipinski definition) is 1. The summed E-state index contributed by atoms with van der Waals surface area (Å²) in [6.45, 7) is 2.44. The van der Waals surface area contributed by atoms with E-state index in [9.17, 15) is 18.0 Å². The van der Waals surface area contributed by atoms with E-state index in [0.717, 1.165) is 55.6 Å². The van der Waals surface area contributed by atoms with Gasteiger partial charge in [0, 0.05) is 6.54 Å². The predicted octanol–water partition coefficient (Wildman–Crippen LogP) is 3.80. The van der Waals surface area contributed by atoms with Crippen LogP contribution >= 0.6 is 0 Å². The number of para-hydroxylation sites is 2. The van der Waals surface area contributed by atoms with Crippen LogP contribution in [-0.2, 0) is 11.3 Å². The van der Waals surface area contributed by atoms with E-state index in [1.807, 2.05) is 29.4 Å². The molecule has 1 aliphatic heterocycles. The minimum atomic E-state index is -1.59. The Labute approximate surface area is 166 Å². The van der Waals surface area contributed by atoms with Gasteiger partial charge in [0.05, 0.1) is 29.6 Å². The summed E-state index contributed by atoms with van der Waals surface area (Å²) >= 11 is 0. The van der Waals surface area contributed by atoms with Gasteiger partial charge in [-0.05, 0) is 56.1 Å². The van der Waals surface area contributed by atoms with E-state index >= 15 is 0 Å². The number of aromatic nitrogens is 2. The molecule has 0 unspecified atom stereocenters. The van der Waals surface area contributed by atoms with Gasteiger partial charge >= 0.3 is 0 Å². The third-order valence-corrected chi connectivity index (χ3v) is 5.37. The SMILES string of the molecule is O=C(CN1CCC(Cn2cnc3ccccc32)CC1)Nc1ccc(F)c(F)c1F. The highest BCUT2D eigenvalue weighted by Gasteiger charge is 2.22. The van der Waals surface area contributed by atoms with Crippen LogP contribution in [0.1, 0.15) is 12.8 Å². The molecule has 2 heterocycles. The lowest BCUT2D eigenvalue weighted by Gasteiger charge is -2.31. The number of rotatable bonds is 5. The number of hydrogen-bond acceptors (Lipinski definition) is 3. The van der Waals surface area contributed by atoms with Crippen molar-refractivity contribution in [1.82, 2.24) is 14.5 Å². The second kappa shape index (κ2) is 8.24. The largest absolute Gasteiger partial charge is 0.330 e. The van der Waals surface area contributed by atoms with E-state index in [2.05, 4.69) is 20.9 Å². The van der Waals surface area contributed by atoms with E-state index < -0.39 is 23.4 Å². The Bertz CT molecular complexity index is 1030. The van der Waals surface area contributed by atoms with Crippen LogP contribution in [0, 0.1) is 23.4 Å². The molecular weight excluding hydrogens is 381 g/mol. The molecule has 4 rings (SSSR count). The van der Waals surface area contributed by atoms with E-state index in [1.54, 1.807) is 0 Å². The van der Waals surface area contributed by atoms with Crippen molar-refractivity contribution in [2.75, 3.05) is 25.0 Å². The lowest BCUT2D eigenvalue weighted by molar-refractivity contribution is -0.117. The fraction of sp³-hybridized carbons (Fsp3) is 0.333. The van der Waals surface area contributed by atoms with Gasteiger partial charge in [0.2, 0.25) is 5.91 Å². The minimum Gasteiger partial charge on any atom is -0.330 e. The monoisotopic (exact) mass is 402 g/mol. The summed E-state index contributed by atoms with van der Waals surface area (Å²) in [5, 5.41) is 2.32. The summed E-state index contributed by atoms with van der Waals surface area (Å²) < 4.78 is 42.1. The molecule has 2 aromatic carbocycles. The van der Waals surface area contributed by atoms with Gasteiger partial charge < -0.3 is 9.88 Å². The molecule has 5 nitrogen and oxygen atoms in total. The molecular formula is C21H21F3N4O. The van der Waals surface area contributed by atoms with Crippen molar-refractivity contribution in [3.63, 3.8) is 0 Å². The number of nitrogens with zero attached hydrogens (tertiary/aromatic N) is 3. The smallest absolute Gasteiger partial charge is 0.238 e. The normalized spacial score (nSPS) is 15.7. The molecule has 3 aromatic rings. The first-order valence-electron chi connectivity index (χ1n) is 9.57. The number of carbonyl (C=O) groups excluding carboxylic acids is 1. The third kappa shape index (κ3) is 4.27. The first kappa shape index (κ1) is 19.4. The molecule has 1 amide bonds. The van der Waals surface area contributed by atoms with E-state index in [-0.39, 0.29) is 12.2 Å². The van der Waals surface area contributed by atoms with Gasteiger partial charge in [-0.25, -0.2) is 18.2 Å². The van der Waals surface area contributed by atoms with Crippen molar-refractivity contribution >= 4 is 22.6 Å².